The van der Waals surface area contributed by atoms with E-state index in [1.54, 1.807) is 12.1 Å². The van der Waals surface area contributed by atoms with E-state index in [-0.39, 0.29) is 12.5 Å². The van der Waals surface area contributed by atoms with Crippen LogP contribution in [0.15, 0.2) is 46.9 Å². The first kappa shape index (κ1) is 16.6. The first-order valence-corrected chi connectivity index (χ1v) is 8.09. The molecular weight excluding hydrogens is 375 g/mol. The fourth-order valence-corrected chi connectivity index (χ4v) is 2.85. The highest BCUT2D eigenvalue weighted by Crippen LogP contribution is 2.29. The van der Waals surface area contributed by atoms with Gasteiger partial charge in [0.25, 0.3) is 0 Å². The Hall–Kier alpha value is -0.740. The van der Waals surface area contributed by atoms with Gasteiger partial charge in [0.05, 0.1) is 13.2 Å². The Morgan fingerprint density at radius 3 is 2.43 bits per heavy atom. The molecule has 0 aliphatic rings. The molecule has 0 aliphatic heterocycles. The minimum absolute atomic E-state index is 0.0189. The summed E-state index contributed by atoms with van der Waals surface area (Å²) in [5.41, 5.74) is 0.892. The van der Waals surface area contributed by atoms with Gasteiger partial charge in [0, 0.05) is 20.4 Å². The van der Waals surface area contributed by atoms with Gasteiger partial charge >= 0.3 is 0 Å². The van der Waals surface area contributed by atoms with Crippen LogP contribution < -0.4 is 4.74 Å². The zero-order chi connectivity index (χ0) is 15.2. The first-order chi connectivity index (χ1) is 10.1. The molecule has 0 fully saturated rings. The van der Waals surface area contributed by atoms with Crippen LogP contribution in [0.3, 0.4) is 0 Å². The van der Waals surface area contributed by atoms with E-state index in [0.29, 0.717) is 23.1 Å². The van der Waals surface area contributed by atoms with Crippen molar-refractivity contribution in [3.8, 4) is 5.75 Å². The van der Waals surface area contributed by atoms with E-state index < -0.39 is 0 Å². The van der Waals surface area contributed by atoms with Crippen molar-refractivity contribution in [1.29, 1.82) is 0 Å². The SMILES string of the molecule is OC[C@@H](CCOc1ccc(Br)cc1)c1ccc(Cl)cc1Cl. The van der Waals surface area contributed by atoms with E-state index in [4.69, 9.17) is 27.9 Å². The lowest BCUT2D eigenvalue weighted by Crippen LogP contribution is -2.10. The Bertz CT molecular complexity index is 587. The van der Waals surface area contributed by atoms with Crippen molar-refractivity contribution < 1.29 is 9.84 Å². The monoisotopic (exact) mass is 388 g/mol. The molecule has 1 N–H and O–H groups in total. The van der Waals surface area contributed by atoms with Gasteiger partial charge in [0.2, 0.25) is 0 Å². The van der Waals surface area contributed by atoms with Gasteiger partial charge in [-0.2, -0.15) is 0 Å². The zero-order valence-corrected chi connectivity index (χ0v) is 14.3. The second kappa shape index (κ2) is 8.04. The number of hydrogen-bond acceptors (Lipinski definition) is 2. The van der Waals surface area contributed by atoms with Crippen LogP contribution in [-0.4, -0.2) is 18.3 Å². The third kappa shape index (κ3) is 4.89. The molecule has 21 heavy (non-hydrogen) atoms. The van der Waals surface area contributed by atoms with Gasteiger partial charge in [-0.1, -0.05) is 45.2 Å². The summed E-state index contributed by atoms with van der Waals surface area (Å²) >= 11 is 15.4. The van der Waals surface area contributed by atoms with Crippen LogP contribution in [0.2, 0.25) is 10.0 Å². The van der Waals surface area contributed by atoms with Crippen LogP contribution >= 0.6 is 39.1 Å². The van der Waals surface area contributed by atoms with Crippen molar-refractivity contribution in [1.82, 2.24) is 0 Å². The predicted molar refractivity (Wildman–Crippen MR) is 90.5 cm³/mol. The summed E-state index contributed by atoms with van der Waals surface area (Å²) < 4.78 is 6.69. The van der Waals surface area contributed by atoms with E-state index in [1.165, 1.54) is 0 Å². The number of aliphatic hydroxyl groups excluding tert-OH is 1. The molecule has 0 aliphatic carbocycles. The minimum Gasteiger partial charge on any atom is -0.494 e. The molecule has 2 aromatic carbocycles. The third-order valence-corrected chi connectivity index (χ3v) is 4.26. The van der Waals surface area contributed by atoms with Crippen LogP contribution in [0.4, 0.5) is 0 Å². The van der Waals surface area contributed by atoms with Crippen LogP contribution in [0.1, 0.15) is 17.9 Å². The quantitative estimate of drug-likeness (QED) is 0.726. The summed E-state index contributed by atoms with van der Waals surface area (Å²) in [6.45, 7) is 0.525. The number of aliphatic hydroxyl groups is 1. The lowest BCUT2D eigenvalue weighted by Gasteiger charge is -2.16. The number of hydrogen-bond donors (Lipinski definition) is 1. The van der Waals surface area contributed by atoms with Gasteiger partial charge in [-0.3, -0.25) is 0 Å². The molecular formula is C16H15BrCl2O2. The molecule has 1 atom stereocenters. The predicted octanol–water partition coefficient (Wildman–Crippen LogP) is 5.30. The van der Waals surface area contributed by atoms with E-state index >= 15 is 0 Å². The number of rotatable bonds is 6. The third-order valence-electron chi connectivity index (χ3n) is 3.17. The summed E-state index contributed by atoms with van der Waals surface area (Å²) in [4.78, 5) is 0. The van der Waals surface area contributed by atoms with Crippen LogP contribution in [-0.2, 0) is 0 Å². The van der Waals surface area contributed by atoms with Crippen molar-refractivity contribution in [2.24, 2.45) is 0 Å². The molecule has 0 unspecified atom stereocenters. The van der Waals surface area contributed by atoms with Gasteiger partial charge in [-0.15, -0.1) is 0 Å². The highest BCUT2D eigenvalue weighted by molar-refractivity contribution is 9.10. The van der Waals surface area contributed by atoms with E-state index in [9.17, 15) is 5.11 Å². The molecule has 2 nitrogen and oxygen atoms in total. The van der Waals surface area contributed by atoms with Gasteiger partial charge in [0.1, 0.15) is 5.75 Å². The lowest BCUT2D eigenvalue weighted by molar-refractivity contribution is 0.229. The molecule has 0 spiro atoms. The molecule has 0 bridgehead atoms. The van der Waals surface area contributed by atoms with Crippen LogP contribution in [0.25, 0.3) is 0 Å². The molecule has 0 heterocycles. The average molecular weight is 390 g/mol. The fraction of sp³-hybridized carbons (Fsp3) is 0.250. The topological polar surface area (TPSA) is 29.5 Å². The van der Waals surface area contributed by atoms with Crippen molar-refractivity contribution in [3.63, 3.8) is 0 Å². The maximum Gasteiger partial charge on any atom is 0.119 e. The first-order valence-electron chi connectivity index (χ1n) is 6.54. The van der Waals surface area contributed by atoms with E-state index in [1.807, 2.05) is 30.3 Å². The largest absolute Gasteiger partial charge is 0.494 e. The Balaban J connectivity index is 1.94. The molecule has 2 aromatic rings. The molecule has 0 aromatic heterocycles. The van der Waals surface area contributed by atoms with E-state index in [2.05, 4.69) is 15.9 Å². The van der Waals surface area contributed by atoms with E-state index in [0.717, 1.165) is 15.8 Å². The standard InChI is InChI=1S/C16H15BrCl2O2/c17-12-1-4-14(5-2-12)21-8-7-11(10-20)15-6-3-13(18)9-16(15)19/h1-6,9,11,20H,7-8,10H2/t11-/m1/s1. The van der Waals surface area contributed by atoms with Gasteiger partial charge < -0.3 is 9.84 Å². The van der Waals surface area contributed by atoms with Crippen LogP contribution in [0, 0.1) is 0 Å². The highest BCUT2D eigenvalue weighted by Gasteiger charge is 2.14. The molecule has 5 heteroatoms. The fourth-order valence-electron chi connectivity index (χ4n) is 2.03. The Morgan fingerprint density at radius 2 is 1.81 bits per heavy atom. The van der Waals surface area contributed by atoms with Crippen LogP contribution in [0.5, 0.6) is 5.75 Å². The number of ether oxygens (including phenoxy) is 1. The number of halogens is 3. The Kier molecular flexibility index (Phi) is 6.37. The molecule has 0 radical (unpaired) electrons. The average Bonchev–Trinajstić information content (AvgIpc) is 2.46. The van der Waals surface area contributed by atoms with Crippen molar-refractivity contribution in [3.05, 3.63) is 62.5 Å². The lowest BCUT2D eigenvalue weighted by atomic mass is 9.97. The summed E-state index contributed by atoms with van der Waals surface area (Å²) in [5.74, 6) is 0.738. The molecule has 0 saturated heterocycles. The second-order valence-corrected chi connectivity index (χ2v) is 6.40. The van der Waals surface area contributed by atoms with Crippen molar-refractivity contribution in [2.75, 3.05) is 13.2 Å². The molecule has 2 rings (SSSR count). The number of benzene rings is 2. The maximum atomic E-state index is 9.55. The van der Waals surface area contributed by atoms with Gasteiger partial charge in [0.15, 0.2) is 0 Å². The zero-order valence-electron chi connectivity index (χ0n) is 11.2. The smallest absolute Gasteiger partial charge is 0.119 e. The Labute approximate surface area is 142 Å². The summed E-state index contributed by atoms with van der Waals surface area (Å²) in [7, 11) is 0. The maximum absolute atomic E-state index is 9.55. The molecule has 112 valence electrons. The summed E-state index contributed by atoms with van der Waals surface area (Å²) in [6, 6.07) is 13.0. The highest BCUT2D eigenvalue weighted by atomic mass is 79.9. The minimum atomic E-state index is -0.0646. The van der Waals surface area contributed by atoms with Crippen molar-refractivity contribution in [2.45, 2.75) is 12.3 Å². The molecule has 0 amide bonds. The van der Waals surface area contributed by atoms with Gasteiger partial charge in [-0.25, -0.2) is 0 Å². The second-order valence-electron chi connectivity index (χ2n) is 4.64. The summed E-state index contributed by atoms with van der Waals surface area (Å²) in [5, 5.41) is 10.7. The Morgan fingerprint density at radius 1 is 1.10 bits per heavy atom. The van der Waals surface area contributed by atoms with Gasteiger partial charge in [-0.05, 0) is 48.4 Å². The molecule has 0 saturated carbocycles. The summed E-state index contributed by atoms with van der Waals surface area (Å²) in [6.07, 6.45) is 0.675. The van der Waals surface area contributed by atoms with Crippen molar-refractivity contribution >= 4 is 39.1 Å². The normalized spacial score (nSPS) is 12.2.